The van der Waals surface area contributed by atoms with Gasteiger partial charge in [-0.15, -0.1) is 0 Å². The largest absolute Gasteiger partial charge is 0.368 e. The summed E-state index contributed by atoms with van der Waals surface area (Å²) >= 11 is 0. The average Bonchev–Trinajstić information content (AvgIpc) is 3.16. The van der Waals surface area contributed by atoms with Crippen molar-refractivity contribution < 1.29 is 14.0 Å². The normalized spacial score (nSPS) is 25.1. The predicted octanol–water partition coefficient (Wildman–Crippen LogP) is 4.07. The molecule has 6 heteroatoms. The third-order valence-corrected chi connectivity index (χ3v) is 6.69. The zero-order valence-electron chi connectivity index (χ0n) is 17.6. The molecule has 0 bridgehead atoms. The number of nitriles is 1. The van der Waals surface area contributed by atoms with E-state index in [9.17, 15) is 19.2 Å². The van der Waals surface area contributed by atoms with Gasteiger partial charge in [0, 0.05) is 17.2 Å². The highest BCUT2D eigenvalue weighted by molar-refractivity contribution is 6.06. The van der Waals surface area contributed by atoms with Crippen LogP contribution in [0.15, 0.2) is 84.9 Å². The molecule has 0 saturated carbocycles. The summed E-state index contributed by atoms with van der Waals surface area (Å²) in [6.45, 7) is 0. The summed E-state index contributed by atoms with van der Waals surface area (Å²) in [5, 5.41) is 10.4. The number of carbonyl (C=O) groups excluding carboxylic acids is 2. The maximum absolute atomic E-state index is 14.0. The lowest BCUT2D eigenvalue weighted by Crippen LogP contribution is -2.49. The Morgan fingerprint density at radius 3 is 2.30 bits per heavy atom. The van der Waals surface area contributed by atoms with Gasteiger partial charge in [0.1, 0.15) is 11.9 Å². The van der Waals surface area contributed by atoms with Gasteiger partial charge in [-0.05, 0) is 29.3 Å². The number of para-hydroxylation sites is 1. The Bertz CT molecular complexity index is 1310. The molecule has 3 aromatic rings. The quantitative estimate of drug-likeness (QED) is 0.624. The summed E-state index contributed by atoms with van der Waals surface area (Å²) in [6.07, 6.45) is 3.62. The Morgan fingerprint density at radius 2 is 1.64 bits per heavy atom. The van der Waals surface area contributed by atoms with Crippen LogP contribution in [0.5, 0.6) is 0 Å². The van der Waals surface area contributed by atoms with Crippen molar-refractivity contribution >= 4 is 23.5 Å². The number of nitrogens with two attached hydrogens (primary N) is 1. The Morgan fingerprint density at radius 1 is 0.970 bits per heavy atom. The van der Waals surface area contributed by atoms with Gasteiger partial charge in [0.25, 0.3) is 0 Å². The first-order valence-corrected chi connectivity index (χ1v) is 10.6. The number of ketones is 1. The summed E-state index contributed by atoms with van der Waals surface area (Å²) in [6, 6.07) is 22.4. The lowest BCUT2D eigenvalue weighted by atomic mass is 9.67. The number of amides is 1. The summed E-state index contributed by atoms with van der Waals surface area (Å²) in [4.78, 5) is 28.9. The van der Waals surface area contributed by atoms with Gasteiger partial charge in [-0.1, -0.05) is 72.8 Å². The zero-order chi connectivity index (χ0) is 23.2. The standard InChI is InChI=1S/C27H20FN3O2/c28-20-13-10-18(11-14-20)23-24(25(32)19-7-2-1-3-8-19)31-21-9-5-4-6-17(21)12-15-22(31)27(23,16-29)26(30)33/h1-15,22-24H,(H2,30,33)/t22-,23+,24+,27+/m0/s1. The number of Topliss-reactive ketones (excluding diaryl/α,β-unsaturated/α-hetero) is 1. The molecular formula is C27H20FN3O2. The van der Waals surface area contributed by atoms with Gasteiger partial charge >= 0.3 is 0 Å². The van der Waals surface area contributed by atoms with E-state index in [0.29, 0.717) is 11.1 Å². The maximum Gasteiger partial charge on any atom is 0.241 e. The molecule has 5 rings (SSSR count). The molecule has 0 spiro atoms. The summed E-state index contributed by atoms with van der Waals surface area (Å²) < 4.78 is 13.8. The summed E-state index contributed by atoms with van der Waals surface area (Å²) in [5.41, 5.74) is 6.76. The van der Waals surface area contributed by atoms with Crippen molar-refractivity contribution in [2.75, 3.05) is 4.90 Å². The highest BCUT2D eigenvalue weighted by Gasteiger charge is 2.65. The molecule has 4 atom stereocenters. The molecule has 1 amide bonds. The fourth-order valence-electron chi connectivity index (χ4n) is 5.24. The number of anilines is 1. The number of rotatable bonds is 4. The van der Waals surface area contributed by atoms with Crippen molar-refractivity contribution in [1.82, 2.24) is 0 Å². The van der Waals surface area contributed by atoms with E-state index in [4.69, 9.17) is 5.73 Å². The van der Waals surface area contributed by atoms with Gasteiger partial charge in [0.05, 0.1) is 12.1 Å². The molecule has 1 fully saturated rings. The van der Waals surface area contributed by atoms with E-state index in [2.05, 4.69) is 6.07 Å². The molecule has 2 aliphatic heterocycles. The van der Waals surface area contributed by atoms with Crippen molar-refractivity contribution in [1.29, 1.82) is 5.26 Å². The van der Waals surface area contributed by atoms with Gasteiger partial charge in [0.2, 0.25) is 5.91 Å². The SMILES string of the molecule is N#C[C@]1(C(N)=O)[C@H](c2ccc(F)cc2)[C@H](C(=O)c2ccccc2)N2c3ccccc3C=C[C@H]21. The van der Waals surface area contributed by atoms with Gasteiger partial charge < -0.3 is 10.6 Å². The van der Waals surface area contributed by atoms with Crippen molar-refractivity contribution in [3.63, 3.8) is 0 Å². The van der Waals surface area contributed by atoms with Crippen LogP contribution in [0.2, 0.25) is 0 Å². The van der Waals surface area contributed by atoms with Crippen LogP contribution in [-0.4, -0.2) is 23.8 Å². The number of primary amides is 1. The number of hydrogen-bond acceptors (Lipinski definition) is 4. The maximum atomic E-state index is 14.0. The molecule has 0 radical (unpaired) electrons. The third-order valence-electron chi connectivity index (χ3n) is 6.69. The van der Waals surface area contributed by atoms with Crippen LogP contribution in [0.4, 0.5) is 10.1 Å². The summed E-state index contributed by atoms with van der Waals surface area (Å²) in [7, 11) is 0. The smallest absolute Gasteiger partial charge is 0.241 e. The second kappa shape index (κ2) is 7.72. The molecule has 5 nitrogen and oxygen atoms in total. The van der Waals surface area contributed by atoms with Gasteiger partial charge in [-0.2, -0.15) is 5.26 Å². The number of hydrogen-bond donors (Lipinski definition) is 1. The van der Waals surface area contributed by atoms with Crippen molar-refractivity contribution in [3.8, 4) is 6.07 Å². The van der Waals surface area contributed by atoms with Crippen LogP contribution in [-0.2, 0) is 4.79 Å². The van der Waals surface area contributed by atoms with Gasteiger partial charge in [0.15, 0.2) is 11.2 Å². The molecule has 162 valence electrons. The Balaban J connectivity index is 1.81. The molecule has 0 unspecified atom stereocenters. The fourth-order valence-corrected chi connectivity index (χ4v) is 5.24. The van der Waals surface area contributed by atoms with E-state index in [1.807, 2.05) is 41.3 Å². The van der Waals surface area contributed by atoms with Crippen molar-refractivity contribution in [2.45, 2.75) is 18.0 Å². The van der Waals surface area contributed by atoms with Crippen LogP contribution in [0, 0.1) is 22.6 Å². The minimum atomic E-state index is -1.74. The van der Waals surface area contributed by atoms with E-state index in [1.54, 1.807) is 30.3 Å². The molecule has 2 N–H and O–H groups in total. The minimum Gasteiger partial charge on any atom is -0.368 e. The fraction of sp³-hybridized carbons (Fsp3) is 0.148. The lowest BCUT2D eigenvalue weighted by molar-refractivity contribution is -0.125. The van der Waals surface area contributed by atoms with Crippen LogP contribution in [0.3, 0.4) is 0 Å². The highest BCUT2D eigenvalue weighted by Crippen LogP contribution is 2.55. The summed E-state index contributed by atoms with van der Waals surface area (Å²) in [5.74, 6) is -2.42. The van der Waals surface area contributed by atoms with Crippen LogP contribution < -0.4 is 10.6 Å². The number of carbonyl (C=O) groups is 2. The van der Waals surface area contributed by atoms with Gasteiger partial charge in [-0.3, -0.25) is 9.59 Å². The van der Waals surface area contributed by atoms with Crippen LogP contribution in [0.1, 0.15) is 27.4 Å². The van der Waals surface area contributed by atoms with E-state index >= 15 is 0 Å². The average molecular weight is 437 g/mol. The zero-order valence-corrected chi connectivity index (χ0v) is 17.6. The molecule has 0 aliphatic carbocycles. The topological polar surface area (TPSA) is 87.2 Å². The first-order chi connectivity index (χ1) is 16.0. The van der Waals surface area contributed by atoms with Crippen LogP contribution in [0.25, 0.3) is 6.08 Å². The first-order valence-electron chi connectivity index (χ1n) is 10.6. The lowest BCUT2D eigenvalue weighted by Gasteiger charge is -2.36. The Kier molecular flexibility index (Phi) is 4.83. The third kappa shape index (κ3) is 2.97. The second-order valence-corrected chi connectivity index (χ2v) is 8.32. The van der Waals surface area contributed by atoms with E-state index in [1.165, 1.54) is 24.3 Å². The van der Waals surface area contributed by atoms with Crippen molar-refractivity contribution in [3.05, 3.63) is 107 Å². The van der Waals surface area contributed by atoms with E-state index < -0.39 is 35.1 Å². The molecule has 33 heavy (non-hydrogen) atoms. The number of halogens is 1. The molecule has 0 aromatic heterocycles. The van der Waals surface area contributed by atoms with E-state index in [0.717, 1.165) is 11.3 Å². The Hall–Kier alpha value is -4.24. The number of nitrogens with zero attached hydrogens (tertiary/aromatic N) is 2. The Labute approximate surface area is 190 Å². The van der Waals surface area contributed by atoms with Crippen LogP contribution >= 0.6 is 0 Å². The highest BCUT2D eigenvalue weighted by atomic mass is 19.1. The molecular weight excluding hydrogens is 417 g/mol. The van der Waals surface area contributed by atoms with Gasteiger partial charge in [-0.25, -0.2) is 4.39 Å². The number of fused-ring (bicyclic) bond motifs is 3. The molecule has 1 saturated heterocycles. The molecule has 2 heterocycles. The second-order valence-electron chi connectivity index (χ2n) is 8.32. The predicted molar refractivity (Wildman–Crippen MR) is 123 cm³/mol. The molecule has 2 aliphatic rings. The first kappa shape index (κ1) is 20.7. The minimum absolute atomic E-state index is 0.238. The van der Waals surface area contributed by atoms with Crippen molar-refractivity contribution in [2.24, 2.45) is 11.1 Å². The van der Waals surface area contributed by atoms with E-state index in [-0.39, 0.29) is 5.78 Å². The number of benzene rings is 3. The monoisotopic (exact) mass is 437 g/mol. The molecule has 3 aromatic carbocycles.